The SMILES string of the molecule is COC(=O)c1csc(NC2CC(C)CC(C)C2)n1. The molecule has 18 heavy (non-hydrogen) atoms. The summed E-state index contributed by atoms with van der Waals surface area (Å²) in [5.74, 6) is 1.14. The number of carbonyl (C=O) groups excluding carboxylic acids is 1. The number of nitrogens with zero attached hydrogens (tertiary/aromatic N) is 1. The van der Waals surface area contributed by atoms with Crippen molar-refractivity contribution in [2.75, 3.05) is 12.4 Å². The standard InChI is InChI=1S/C13H20N2O2S/c1-8-4-9(2)6-10(5-8)14-13-15-11(7-18-13)12(16)17-3/h7-10H,4-6H2,1-3H3,(H,14,15). The molecule has 2 rings (SSSR count). The van der Waals surface area contributed by atoms with Gasteiger partial charge in [-0.3, -0.25) is 0 Å². The first-order valence-electron chi connectivity index (χ1n) is 6.39. The van der Waals surface area contributed by atoms with Gasteiger partial charge in [0, 0.05) is 11.4 Å². The summed E-state index contributed by atoms with van der Waals surface area (Å²) >= 11 is 1.47. The summed E-state index contributed by atoms with van der Waals surface area (Å²) in [4.78, 5) is 15.6. The fourth-order valence-electron chi connectivity index (χ4n) is 2.78. The Morgan fingerprint density at radius 1 is 1.39 bits per heavy atom. The summed E-state index contributed by atoms with van der Waals surface area (Å²) in [6, 6.07) is 0.473. The fourth-order valence-corrected chi connectivity index (χ4v) is 3.54. The average molecular weight is 268 g/mol. The molecule has 1 aromatic rings. The lowest BCUT2D eigenvalue weighted by Gasteiger charge is -2.31. The topological polar surface area (TPSA) is 51.2 Å². The van der Waals surface area contributed by atoms with Gasteiger partial charge in [-0.15, -0.1) is 11.3 Å². The molecule has 0 amide bonds. The van der Waals surface area contributed by atoms with E-state index in [2.05, 4.69) is 28.9 Å². The molecule has 0 bridgehead atoms. The van der Waals surface area contributed by atoms with Crippen molar-refractivity contribution < 1.29 is 9.53 Å². The van der Waals surface area contributed by atoms with E-state index in [0.717, 1.165) is 17.0 Å². The van der Waals surface area contributed by atoms with Crippen LogP contribution in [0.15, 0.2) is 5.38 Å². The zero-order valence-corrected chi connectivity index (χ0v) is 11.9. The highest BCUT2D eigenvalue weighted by molar-refractivity contribution is 7.13. The Bertz CT molecular complexity index is 409. The van der Waals surface area contributed by atoms with Crippen molar-refractivity contribution in [3.8, 4) is 0 Å². The lowest BCUT2D eigenvalue weighted by molar-refractivity contribution is 0.0595. The van der Waals surface area contributed by atoms with Gasteiger partial charge in [-0.25, -0.2) is 9.78 Å². The molecule has 1 saturated carbocycles. The Balaban J connectivity index is 1.96. The summed E-state index contributed by atoms with van der Waals surface area (Å²) in [5, 5.41) is 6.00. The van der Waals surface area contributed by atoms with Crippen LogP contribution in [0.1, 0.15) is 43.6 Å². The summed E-state index contributed by atoms with van der Waals surface area (Å²) in [7, 11) is 1.37. The van der Waals surface area contributed by atoms with Gasteiger partial charge in [0.1, 0.15) is 0 Å². The number of hydrogen-bond donors (Lipinski definition) is 1. The Morgan fingerprint density at radius 3 is 2.67 bits per heavy atom. The van der Waals surface area contributed by atoms with E-state index in [1.807, 2.05) is 0 Å². The third-order valence-electron chi connectivity index (χ3n) is 3.40. The molecule has 1 aromatic heterocycles. The predicted octanol–water partition coefficient (Wildman–Crippen LogP) is 3.17. The molecule has 1 aliphatic rings. The monoisotopic (exact) mass is 268 g/mol. The largest absolute Gasteiger partial charge is 0.464 e. The lowest BCUT2D eigenvalue weighted by atomic mass is 9.80. The van der Waals surface area contributed by atoms with Crippen LogP contribution < -0.4 is 5.32 Å². The van der Waals surface area contributed by atoms with Gasteiger partial charge in [0.05, 0.1) is 7.11 Å². The first-order chi connectivity index (χ1) is 8.58. The maximum absolute atomic E-state index is 11.3. The van der Waals surface area contributed by atoms with Gasteiger partial charge in [0.2, 0.25) is 0 Å². The zero-order chi connectivity index (χ0) is 13.1. The van der Waals surface area contributed by atoms with Crippen molar-refractivity contribution in [1.82, 2.24) is 4.98 Å². The highest BCUT2D eigenvalue weighted by Gasteiger charge is 2.24. The third kappa shape index (κ3) is 3.22. The van der Waals surface area contributed by atoms with Crippen LogP contribution in [0.5, 0.6) is 0 Å². The molecular formula is C13H20N2O2S. The average Bonchev–Trinajstić information content (AvgIpc) is 2.75. The van der Waals surface area contributed by atoms with Crippen molar-refractivity contribution in [2.24, 2.45) is 11.8 Å². The Kier molecular flexibility index (Phi) is 4.22. The number of aromatic nitrogens is 1. The zero-order valence-electron chi connectivity index (χ0n) is 11.1. The van der Waals surface area contributed by atoms with E-state index < -0.39 is 0 Å². The van der Waals surface area contributed by atoms with Crippen molar-refractivity contribution in [3.63, 3.8) is 0 Å². The predicted molar refractivity (Wildman–Crippen MR) is 73.0 cm³/mol. The molecular weight excluding hydrogens is 248 g/mol. The minimum Gasteiger partial charge on any atom is -0.464 e. The van der Waals surface area contributed by atoms with Crippen molar-refractivity contribution >= 4 is 22.4 Å². The molecule has 5 heteroatoms. The summed E-state index contributed by atoms with van der Waals surface area (Å²) < 4.78 is 4.65. The van der Waals surface area contributed by atoms with E-state index in [-0.39, 0.29) is 5.97 Å². The quantitative estimate of drug-likeness (QED) is 0.855. The molecule has 2 atom stereocenters. The molecule has 0 radical (unpaired) electrons. The van der Waals surface area contributed by atoms with Crippen LogP contribution in [0.3, 0.4) is 0 Å². The van der Waals surface area contributed by atoms with E-state index >= 15 is 0 Å². The molecule has 0 aromatic carbocycles. The van der Waals surface area contributed by atoms with Gasteiger partial charge >= 0.3 is 5.97 Å². The second-order valence-electron chi connectivity index (χ2n) is 5.29. The van der Waals surface area contributed by atoms with Gasteiger partial charge in [-0.2, -0.15) is 0 Å². The molecule has 1 N–H and O–H groups in total. The number of hydrogen-bond acceptors (Lipinski definition) is 5. The smallest absolute Gasteiger partial charge is 0.357 e. The van der Waals surface area contributed by atoms with Gasteiger partial charge in [0.15, 0.2) is 10.8 Å². The van der Waals surface area contributed by atoms with Crippen molar-refractivity contribution in [2.45, 2.75) is 39.2 Å². The van der Waals surface area contributed by atoms with E-state index in [4.69, 9.17) is 0 Å². The van der Waals surface area contributed by atoms with E-state index in [9.17, 15) is 4.79 Å². The molecule has 4 nitrogen and oxygen atoms in total. The molecule has 2 unspecified atom stereocenters. The maximum Gasteiger partial charge on any atom is 0.357 e. The molecule has 1 fully saturated rings. The minimum absolute atomic E-state index is 0.371. The molecule has 1 heterocycles. The van der Waals surface area contributed by atoms with Gasteiger partial charge in [-0.1, -0.05) is 13.8 Å². The summed E-state index contributed by atoms with van der Waals surface area (Å²) in [6.45, 7) is 4.60. The number of ether oxygens (including phenoxy) is 1. The Hall–Kier alpha value is -1.10. The van der Waals surface area contributed by atoms with Crippen LogP contribution in [0.4, 0.5) is 5.13 Å². The number of methoxy groups -OCH3 is 1. The maximum atomic E-state index is 11.3. The van der Waals surface area contributed by atoms with E-state index in [1.54, 1.807) is 5.38 Å². The molecule has 0 saturated heterocycles. The van der Waals surface area contributed by atoms with Crippen LogP contribution in [-0.2, 0) is 4.74 Å². The van der Waals surface area contributed by atoms with Crippen molar-refractivity contribution in [1.29, 1.82) is 0 Å². The summed E-state index contributed by atoms with van der Waals surface area (Å²) in [6.07, 6.45) is 3.67. The molecule has 1 aliphatic carbocycles. The third-order valence-corrected chi connectivity index (χ3v) is 4.18. The van der Waals surface area contributed by atoms with E-state index in [0.29, 0.717) is 11.7 Å². The molecule has 0 spiro atoms. The molecule has 100 valence electrons. The second-order valence-corrected chi connectivity index (χ2v) is 6.15. The minimum atomic E-state index is -0.371. The van der Waals surface area contributed by atoms with Gasteiger partial charge in [0.25, 0.3) is 0 Å². The number of esters is 1. The first-order valence-corrected chi connectivity index (χ1v) is 7.26. The highest BCUT2D eigenvalue weighted by atomic mass is 32.1. The number of carbonyl (C=O) groups is 1. The van der Waals surface area contributed by atoms with Crippen LogP contribution >= 0.6 is 11.3 Å². The fraction of sp³-hybridized carbons (Fsp3) is 0.692. The first kappa shape index (κ1) is 13.3. The van der Waals surface area contributed by atoms with Crippen molar-refractivity contribution in [3.05, 3.63) is 11.1 Å². The van der Waals surface area contributed by atoms with Crippen LogP contribution in [-0.4, -0.2) is 24.1 Å². The van der Waals surface area contributed by atoms with Crippen LogP contribution in [0.2, 0.25) is 0 Å². The summed E-state index contributed by atoms with van der Waals surface area (Å²) in [5.41, 5.74) is 0.391. The normalized spacial score (nSPS) is 27.8. The Morgan fingerprint density at radius 2 is 2.06 bits per heavy atom. The molecule has 0 aliphatic heterocycles. The lowest BCUT2D eigenvalue weighted by Crippen LogP contribution is -2.30. The number of thiazole rings is 1. The number of anilines is 1. The van der Waals surface area contributed by atoms with Crippen LogP contribution in [0.25, 0.3) is 0 Å². The van der Waals surface area contributed by atoms with Gasteiger partial charge < -0.3 is 10.1 Å². The van der Waals surface area contributed by atoms with Gasteiger partial charge in [-0.05, 0) is 31.1 Å². The highest BCUT2D eigenvalue weighted by Crippen LogP contribution is 2.31. The number of rotatable bonds is 3. The second kappa shape index (κ2) is 5.69. The van der Waals surface area contributed by atoms with E-state index in [1.165, 1.54) is 37.7 Å². The van der Waals surface area contributed by atoms with Crippen LogP contribution in [0, 0.1) is 11.8 Å². The number of nitrogens with one attached hydrogen (secondary N) is 1. The Labute approximate surface area is 112 Å².